The van der Waals surface area contributed by atoms with Gasteiger partial charge in [0.1, 0.15) is 0 Å². The van der Waals surface area contributed by atoms with Gasteiger partial charge in [-0.3, -0.25) is 4.90 Å². The van der Waals surface area contributed by atoms with Crippen molar-refractivity contribution < 1.29 is 9.47 Å². The van der Waals surface area contributed by atoms with E-state index in [-0.39, 0.29) is 11.8 Å². The molecule has 2 N–H and O–H groups in total. The van der Waals surface area contributed by atoms with Crippen LogP contribution in [0.15, 0.2) is 0 Å². The first-order chi connectivity index (χ1) is 8.71. The fraction of sp³-hybridized carbons (Fsp3) is 1.00. The van der Waals surface area contributed by atoms with Crippen molar-refractivity contribution in [3.63, 3.8) is 0 Å². The molecule has 1 heterocycles. The van der Waals surface area contributed by atoms with Gasteiger partial charge in [0.2, 0.25) is 0 Å². The average molecular weight is 256 g/mol. The largest absolute Gasteiger partial charge is 0.347 e. The molecule has 0 radical (unpaired) electrons. The number of likely N-dealkylation sites (N-methyl/N-ethyl adjacent to an activating group) is 1. The molecule has 2 aliphatic rings. The quantitative estimate of drug-likeness (QED) is 0.814. The number of hydrogen-bond acceptors (Lipinski definition) is 4. The summed E-state index contributed by atoms with van der Waals surface area (Å²) >= 11 is 0. The van der Waals surface area contributed by atoms with Crippen molar-refractivity contribution in [1.29, 1.82) is 0 Å². The van der Waals surface area contributed by atoms with Crippen molar-refractivity contribution in [1.82, 2.24) is 4.90 Å². The van der Waals surface area contributed by atoms with Gasteiger partial charge in [0.25, 0.3) is 0 Å². The van der Waals surface area contributed by atoms with E-state index in [2.05, 4.69) is 18.7 Å². The summed E-state index contributed by atoms with van der Waals surface area (Å²) < 4.78 is 11.7. The lowest BCUT2D eigenvalue weighted by Gasteiger charge is -2.44. The maximum atomic E-state index is 6.33. The molecule has 1 spiro atoms. The third-order valence-corrected chi connectivity index (χ3v) is 4.36. The summed E-state index contributed by atoms with van der Waals surface area (Å²) in [5.74, 6) is -0.319. The van der Waals surface area contributed by atoms with Crippen LogP contribution in [0.2, 0.25) is 0 Å². The molecule has 1 saturated carbocycles. The normalized spacial score (nSPS) is 31.3. The van der Waals surface area contributed by atoms with Gasteiger partial charge in [-0.2, -0.15) is 0 Å². The molecular weight excluding hydrogens is 228 g/mol. The zero-order valence-corrected chi connectivity index (χ0v) is 11.9. The van der Waals surface area contributed by atoms with E-state index in [1.165, 1.54) is 12.8 Å². The van der Waals surface area contributed by atoms with Crippen LogP contribution in [-0.4, -0.2) is 49.1 Å². The first-order valence-corrected chi connectivity index (χ1v) is 7.48. The van der Waals surface area contributed by atoms with Crippen LogP contribution in [0, 0.1) is 0 Å². The number of rotatable bonds is 5. The Morgan fingerprint density at radius 3 is 2.61 bits per heavy atom. The molecule has 2 atom stereocenters. The minimum absolute atomic E-state index is 0.264. The lowest BCUT2D eigenvalue weighted by molar-refractivity contribution is -0.191. The molecule has 0 amide bonds. The van der Waals surface area contributed by atoms with Gasteiger partial charge in [0.15, 0.2) is 5.79 Å². The van der Waals surface area contributed by atoms with Crippen molar-refractivity contribution in [2.24, 2.45) is 5.73 Å². The lowest BCUT2D eigenvalue weighted by atomic mass is 9.85. The minimum Gasteiger partial charge on any atom is -0.347 e. The predicted molar refractivity (Wildman–Crippen MR) is 72.4 cm³/mol. The Hall–Kier alpha value is -0.160. The van der Waals surface area contributed by atoms with Gasteiger partial charge >= 0.3 is 0 Å². The Labute approximate surface area is 111 Å². The highest BCUT2D eigenvalue weighted by Crippen LogP contribution is 2.37. The molecule has 1 saturated heterocycles. The molecule has 0 aromatic heterocycles. The Bertz CT molecular complexity index is 254. The third-order valence-electron chi connectivity index (χ3n) is 4.36. The molecular formula is C14H28N2O2. The Morgan fingerprint density at radius 2 is 2.00 bits per heavy atom. The van der Waals surface area contributed by atoms with Crippen LogP contribution in [0.4, 0.5) is 0 Å². The molecule has 2 rings (SSSR count). The maximum Gasteiger partial charge on any atom is 0.170 e. The van der Waals surface area contributed by atoms with E-state index in [0.717, 1.165) is 45.6 Å². The van der Waals surface area contributed by atoms with Crippen LogP contribution in [0.1, 0.15) is 46.0 Å². The van der Waals surface area contributed by atoms with E-state index in [0.29, 0.717) is 6.04 Å². The van der Waals surface area contributed by atoms with E-state index >= 15 is 0 Å². The highest BCUT2D eigenvalue weighted by atomic mass is 16.7. The average Bonchev–Trinajstić information content (AvgIpc) is 2.83. The van der Waals surface area contributed by atoms with Crippen molar-refractivity contribution >= 4 is 0 Å². The molecule has 4 heteroatoms. The Balaban J connectivity index is 1.99. The zero-order valence-electron chi connectivity index (χ0n) is 11.9. The summed E-state index contributed by atoms with van der Waals surface area (Å²) in [6.07, 6.45) is 5.37. The summed E-state index contributed by atoms with van der Waals surface area (Å²) in [5, 5.41) is 0. The predicted octanol–water partition coefficient (Wildman–Crippen LogP) is 1.73. The zero-order chi connectivity index (χ0) is 13.0. The van der Waals surface area contributed by atoms with Crippen molar-refractivity contribution in [3.05, 3.63) is 0 Å². The van der Waals surface area contributed by atoms with Crippen molar-refractivity contribution in [2.45, 2.75) is 63.8 Å². The van der Waals surface area contributed by atoms with Gasteiger partial charge < -0.3 is 15.2 Å². The molecule has 106 valence electrons. The van der Waals surface area contributed by atoms with Gasteiger partial charge in [0.05, 0.1) is 13.2 Å². The van der Waals surface area contributed by atoms with Crippen LogP contribution < -0.4 is 5.73 Å². The van der Waals surface area contributed by atoms with Crippen LogP contribution in [-0.2, 0) is 9.47 Å². The number of nitrogens with zero attached hydrogens (tertiary/aromatic N) is 1. The molecule has 1 aliphatic heterocycles. The second kappa shape index (κ2) is 6.33. The lowest BCUT2D eigenvalue weighted by Crippen LogP contribution is -2.56. The maximum absolute atomic E-state index is 6.33. The van der Waals surface area contributed by atoms with Crippen molar-refractivity contribution in [3.8, 4) is 0 Å². The Kier molecular flexibility index (Phi) is 5.01. The van der Waals surface area contributed by atoms with E-state index in [1.807, 2.05) is 0 Å². The molecule has 2 unspecified atom stereocenters. The number of nitrogens with two attached hydrogens (primary N) is 1. The molecule has 18 heavy (non-hydrogen) atoms. The molecule has 2 fully saturated rings. The van der Waals surface area contributed by atoms with E-state index < -0.39 is 0 Å². The summed E-state index contributed by atoms with van der Waals surface area (Å²) in [6, 6.07) is 0.675. The summed E-state index contributed by atoms with van der Waals surface area (Å²) in [7, 11) is 0. The van der Waals surface area contributed by atoms with Gasteiger partial charge in [-0.05, 0) is 25.9 Å². The first-order valence-electron chi connectivity index (χ1n) is 7.48. The molecule has 0 aromatic rings. The van der Waals surface area contributed by atoms with Crippen LogP contribution >= 0.6 is 0 Å². The smallest absolute Gasteiger partial charge is 0.170 e. The molecule has 0 aromatic carbocycles. The van der Waals surface area contributed by atoms with Crippen molar-refractivity contribution in [2.75, 3.05) is 26.3 Å². The van der Waals surface area contributed by atoms with Crippen LogP contribution in [0.5, 0.6) is 0 Å². The second-order valence-electron chi connectivity index (χ2n) is 5.56. The van der Waals surface area contributed by atoms with Gasteiger partial charge in [-0.15, -0.1) is 0 Å². The standard InChI is InChI=1S/C14H28N2O2/c1-3-5-8-16(4-2)13-11-14(7-6-12(13)15)17-9-10-18-14/h12-13H,3-11,15H2,1-2H3. The van der Waals surface area contributed by atoms with Crippen LogP contribution in [0.25, 0.3) is 0 Å². The third kappa shape index (κ3) is 3.05. The monoisotopic (exact) mass is 256 g/mol. The highest BCUT2D eigenvalue weighted by Gasteiger charge is 2.45. The SMILES string of the molecule is CCCCN(CC)C1CC2(CCC1N)OCCO2. The van der Waals surface area contributed by atoms with Crippen LogP contribution in [0.3, 0.4) is 0 Å². The molecule has 1 aliphatic carbocycles. The van der Waals surface area contributed by atoms with E-state index in [1.54, 1.807) is 0 Å². The number of unbranched alkanes of at least 4 members (excludes halogenated alkanes) is 1. The summed E-state index contributed by atoms with van der Waals surface area (Å²) in [5.41, 5.74) is 6.33. The first kappa shape index (κ1) is 14.3. The minimum atomic E-state index is -0.319. The fourth-order valence-electron chi connectivity index (χ4n) is 3.23. The molecule has 4 nitrogen and oxygen atoms in total. The van der Waals surface area contributed by atoms with E-state index in [4.69, 9.17) is 15.2 Å². The van der Waals surface area contributed by atoms with Gasteiger partial charge in [0, 0.05) is 24.9 Å². The summed E-state index contributed by atoms with van der Waals surface area (Å²) in [6.45, 7) is 8.14. The highest BCUT2D eigenvalue weighted by molar-refractivity contribution is 4.94. The Morgan fingerprint density at radius 1 is 1.28 bits per heavy atom. The number of hydrogen-bond donors (Lipinski definition) is 1. The van der Waals surface area contributed by atoms with Gasteiger partial charge in [-0.1, -0.05) is 20.3 Å². The van der Waals surface area contributed by atoms with E-state index in [9.17, 15) is 0 Å². The molecule has 0 bridgehead atoms. The second-order valence-corrected chi connectivity index (χ2v) is 5.56. The topological polar surface area (TPSA) is 47.7 Å². The fourth-order valence-corrected chi connectivity index (χ4v) is 3.23. The number of ether oxygens (including phenoxy) is 2. The summed E-state index contributed by atoms with van der Waals surface area (Å²) in [4.78, 5) is 2.51. The van der Waals surface area contributed by atoms with Gasteiger partial charge in [-0.25, -0.2) is 0 Å².